The molecular weight excluding hydrogens is 352 g/mol. The second kappa shape index (κ2) is 7.42. The van der Waals surface area contributed by atoms with Gasteiger partial charge in [-0.1, -0.05) is 19.1 Å². The number of halogens is 3. The molecule has 126 valence electrons. The maximum absolute atomic E-state index is 12.4. The third-order valence-corrected chi connectivity index (χ3v) is 4.04. The van der Waals surface area contributed by atoms with Gasteiger partial charge >= 0.3 is 24.7 Å². The first kappa shape index (κ1) is 18.9. The summed E-state index contributed by atoms with van der Waals surface area (Å²) in [4.78, 5) is 7.59. The van der Waals surface area contributed by atoms with Crippen LogP contribution in [-0.4, -0.2) is 26.5 Å². The molecule has 12 heteroatoms. The Balaban J connectivity index is 3.21. The Morgan fingerprint density at radius 2 is 1.95 bits per heavy atom. The van der Waals surface area contributed by atoms with Gasteiger partial charge in [-0.05, 0) is 18.1 Å². The molecule has 0 aliphatic carbocycles. The molecule has 1 unspecified atom stereocenters. The third-order valence-electron chi connectivity index (χ3n) is 2.30. The quantitative estimate of drug-likeness (QED) is 0.450. The molecule has 22 heavy (non-hydrogen) atoms. The van der Waals surface area contributed by atoms with Gasteiger partial charge in [-0.3, -0.25) is 9.09 Å². The van der Waals surface area contributed by atoms with Crippen LogP contribution in [0.1, 0.15) is 12.5 Å². The summed E-state index contributed by atoms with van der Waals surface area (Å²) in [6.45, 7) is 0.412. The number of hydrogen-bond donors (Lipinski definition) is 1. The Labute approximate surface area is 124 Å². The van der Waals surface area contributed by atoms with E-state index < -0.39 is 42.2 Å². The lowest BCUT2D eigenvalue weighted by molar-refractivity contribution is -0.275. The van der Waals surface area contributed by atoms with Crippen molar-refractivity contribution in [2.45, 2.75) is 24.6 Å². The summed E-state index contributed by atoms with van der Waals surface area (Å²) in [5, 5.41) is 0. The van der Waals surface area contributed by atoms with E-state index in [1.807, 2.05) is 0 Å². The summed E-state index contributed by atoms with van der Waals surface area (Å²) in [5.41, 5.74) is 0.0263. The van der Waals surface area contributed by atoms with Crippen molar-refractivity contribution < 1.29 is 44.5 Å². The SMILES string of the molecule is CCc1cccc(OC(F)(F)F)c1S(=O)(=O)OCO[PH](=O)O. The lowest BCUT2D eigenvalue weighted by atomic mass is 10.1. The first-order valence-electron chi connectivity index (χ1n) is 5.69. The van der Waals surface area contributed by atoms with Crippen molar-refractivity contribution in [3.8, 4) is 5.75 Å². The van der Waals surface area contributed by atoms with Crippen LogP contribution in [0.4, 0.5) is 13.2 Å². The standard InChI is InChI=1S/C10H12F3O7PS/c1-2-7-4-3-5-8(20-10(11,12)13)9(7)22(16,17)19-6-18-21(14)15/h3-5,21H,2,6H2,1H3,(H,14,15). The number of benzene rings is 1. The molecule has 0 heterocycles. The van der Waals surface area contributed by atoms with Gasteiger partial charge in [0.2, 0.25) is 0 Å². The third kappa shape index (κ3) is 5.58. The lowest BCUT2D eigenvalue weighted by Gasteiger charge is -2.16. The van der Waals surface area contributed by atoms with E-state index in [2.05, 4.69) is 13.4 Å². The minimum atomic E-state index is -5.09. The fraction of sp³-hybridized carbons (Fsp3) is 0.400. The van der Waals surface area contributed by atoms with Gasteiger partial charge in [0.05, 0.1) is 0 Å². The molecule has 0 aromatic heterocycles. The zero-order valence-corrected chi connectivity index (χ0v) is 12.9. The lowest BCUT2D eigenvalue weighted by Crippen LogP contribution is -2.20. The summed E-state index contributed by atoms with van der Waals surface area (Å²) >= 11 is 0. The van der Waals surface area contributed by atoms with Crippen LogP contribution in [0.25, 0.3) is 0 Å². The van der Waals surface area contributed by atoms with Crippen LogP contribution in [0.2, 0.25) is 0 Å². The van der Waals surface area contributed by atoms with E-state index in [1.54, 1.807) is 0 Å². The molecule has 0 fully saturated rings. The largest absolute Gasteiger partial charge is 0.573 e. The number of hydrogen-bond acceptors (Lipinski definition) is 6. The summed E-state index contributed by atoms with van der Waals surface area (Å²) < 4.78 is 83.3. The van der Waals surface area contributed by atoms with Crippen LogP contribution in [0.15, 0.2) is 23.1 Å². The topological polar surface area (TPSA) is 99.1 Å². The summed E-state index contributed by atoms with van der Waals surface area (Å²) in [6.07, 6.45) is -5.01. The minimum Gasteiger partial charge on any atom is -0.404 e. The van der Waals surface area contributed by atoms with Gasteiger partial charge in [-0.2, -0.15) is 8.42 Å². The number of aryl methyl sites for hydroxylation is 1. The van der Waals surface area contributed by atoms with Crippen molar-refractivity contribution >= 4 is 18.4 Å². The molecule has 1 aromatic carbocycles. The van der Waals surface area contributed by atoms with Crippen molar-refractivity contribution in [1.82, 2.24) is 0 Å². The molecule has 1 aromatic rings. The maximum Gasteiger partial charge on any atom is 0.573 e. The van der Waals surface area contributed by atoms with Gasteiger partial charge in [0.15, 0.2) is 12.5 Å². The van der Waals surface area contributed by atoms with E-state index in [4.69, 9.17) is 4.89 Å². The highest BCUT2D eigenvalue weighted by Crippen LogP contribution is 2.33. The van der Waals surface area contributed by atoms with E-state index in [-0.39, 0.29) is 12.0 Å². The zero-order valence-electron chi connectivity index (χ0n) is 11.1. The summed E-state index contributed by atoms with van der Waals surface area (Å²) in [6, 6.07) is 3.30. The Morgan fingerprint density at radius 1 is 1.32 bits per heavy atom. The van der Waals surface area contributed by atoms with E-state index in [0.717, 1.165) is 6.07 Å². The minimum absolute atomic E-state index is 0.0263. The summed E-state index contributed by atoms with van der Waals surface area (Å²) in [5.74, 6) is -0.955. The smallest absolute Gasteiger partial charge is 0.404 e. The average molecular weight is 364 g/mol. The van der Waals surface area contributed by atoms with Crippen molar-refractivity contribution in [3.63, 3.8) is 0 Å². The highest BCUT2D eigenvalue weighted by molar-refractivity contribution is 7.87. The molecular formula is C10H12F3O7PS. The van der Waals surface area contributed by atoms with Crippen LogP contribution in [0.3, 0.4) is 0 Å². The summed E-state index contributed by atoms with van der Waals surface area (Å²) in [7, 11) is -8.13. The first-order chi connectivity index (χ1) is 10.1. The van der Waals surface area contributed by atoms with Crippen molar-refractivity contribution in [1.29, 1.82) is 0 Å². The molecule has 0 bridgehead atoms. The number of rotatable bonds is 7. The van der Waals surface area contributed by atoms with Crippen LogP contribution in [0.5, 0.6) is 5.75 Å². The van der Waals surface area contributed by atoms with Crippen LogP contribution >= 0.6 is 8.25 Å². The predicted octanol–water partition coefficient (Wildman–Crippen LogP) is 2.21. The molecule has 0 aliphatic rings. The highest BCUT2D eigenvalue weighted by atomic mass is 32.2. The maximum atomic E-state index is 12.4. The van der Waals surface area contributed by atoms with Crippen LogP contribution in [0, 0.1) is 0 Å². The zero-order chi connectivity index (χ0) is 17.0. The van der Waals surface area contributed by atoms with Gasteiger partial charge in [-0.15, -0.1) is 13.2 Å². The van der Waals surface area contributed by atoms with E-state index in [1.165, 1.54) is 19.1 Å². The second-order valence-corrected chi connectivity index (χ2v) is 6.12. The molecule has 1 N–H and O–H groups in total. The van der Waals surface area contributed by atoms with E-state index in [9.17, 15) is 26.2 Å². The first-order valence-corrected chi connectivity index (χ1v) is 8.37. The van der Waals surface area contributed by atoms with Crippen LogP contribution in [-0.2, 0) is 29.8 Å². The molecule has 1 rings (SSSR count). The normalized spacial score (nSPS) is 13.9. The molecule has 0 radical (unpaired) electrons. The Bertz CT molecular complexity index is 644. The van der Waals surface area contributed by atoms with E-state index in [0.29, 0.717) is 0 Å². The second-order valence-electron chi connectivity index (χ2n) is 3.75. The fourth-order valence-corrected chi connectivity index (χ4v) is 2.95. The van der Waals surface area contributed by atoms with Gasteiger partial charge in [0.1, 0.15) is 4.90 Å². The Kier molecular flexibility index (Phi) is 6.38. The molecule has 0 saturated carbocycles. The van der Waals surface area contributed by atoms with Crippen molar-refractivity contribution in [2.75, 3.05) is 6.79 Å². The predicted molar refractivity (Wildman–Crippen MR) is 67.9 cm³/mol. The van der Waals surface area contributed by atoms with Gasteiger partial charge in [0, 0.05) is 0 Å². The van der Waals surface area contributed by atoms with Gasteiger partial charge in [-0.25, -0.2) is 4.18 Å². The fourth-order valence-electron chi connectivity index (χ4n) is 1.53. The molecule has 1 atom stereocenters. The monoisotopic (exact) mass is 364 g/mol. The number of alkyl halides is 3. The average Bonchev–Trinajstić information content (AvgIpc) is 2.35. The van der Waals surface area contributed by atoms with E-state index >= 15 is 0 Å². The van der Waals surface area contributed by atoms with Crippen molar-refractivity contribution in [3.05, 3.63) is 23.8 Å². The Hall–Kier alpha value is -1.13. The van der Waals surface area contributed by atoms with Gasteiger partial charge in [0.25, 0.3) is 0 Å². The Morgan fingerprint density at radius 3 is 2.45 bits per heavy atom. The molecule has 0 saturated heterocycles. The van der Waals surface area contributed by atoms with Gasteiger partial charge < -0.3 is 9.63 Å². The highest BCUT2D eigenvalue weighted by Gasteiger charge is 2.35. The molecule has 0 amide bonds. The molecule has 0 aliphatic heterocycles. The van der Waals surface area contributed by atoms with Crippen LogP contribution < -0.4 is 4.74 Å². The molecule has 0 spiro atoms. The molecule has 7 nitrogen and oxygen atoms in total. The number of ether oxygens (including phenoxy) is 1. The van der Waals surface area contributed by atoms with Crippen molar-refractivity contribution in [2.24, 2.45) is 0 Å².